The summed E-state index contributed by atoms with van der Waals surface area (Å²) in [4.78, 5) is 19.9. The van der Waals surface area contributed by atoms with Crippen LogP contribution in [0.4, 0.5) is 0 Å². The van der Waals surface area contributed by atoms with E-state index in [1.165, 1.54) is 25.9 Å². The lowest BCUT2D eigenvalue weighted by atomic mass is 9.99. The summed E-state index contributed by atoms with van der Waals surface area (Å²) < 4.78 is 1.26. The van der Waals surface area contributed by atoms with E-state index in [9.17, 15) is 4.79 Å². The van der Waals surface area contributed by atoms with Crippen LogP contribution in [0, 0.1) is 0 Å². The first-order chi connectivity index (χ1) is 12.7. The molecule has 4 rings (SSSR count). The lowest BCUT2D eigenvalue weighted by Crippen LogP contribution is -3.14. The van der Waals surface area contributed by atoms with E-state index in [4.69, 9.17) is 4.98 Å². The molecule has 1 fully saturated rings. The van der Waals surface area contributed by atoms with E-state index in [2.05, 4.69) is 41.9 Å². The van der Waals surface area contributed by atoms with Gasteiger partial charge in [-0.2, -0.15) is 0 Å². The van der Waals surface area contributed by atoms with Crippen LogP contribution in [0.3, 0.4) is 0 Å². The lowest BCUT2D eigenvalue weighted by Gasteiger charge is -2.28. The zero-order chi connectivity index (χ0) is 17.9. The van der Waals surface area contributed by atoms with Gasteiger partial charge in [0.2, 0.25) is 0 Å². The molecule has 3 heterocycles. The third kappa shape index (κ3) is 3.98. The summed E-state index contributed by atoms with van der Waals surface area (Å²) in [5.74, 6) is 0.615. The molecule has 4 nitrogen and oxygen atoms in total. The molecule has 2 aromatic heterocycles. The average Bonchev–Trinajstić information content (AvgIpc) is 3.31. The number of rotatable bonds is 5. The quantitative estimate of drug-likeness (QED) is 0.708. The molecular formula is C20H24N3OS2+. The van der Waals surface area contributed by atoms with Gasteiger partial charge in [-0.3, -0.25) is 4.79 Å². The molecule has 1 aliphatic heterocycles. The molecular weight excluding hydrogens is 362 g/mol. The molecule has 3 aromatic rings. The van der Waals surface area contributed by atoms with Crippen LogP contribution in [0.2, 0.25) is 0 Å². The molecule has 26 heavy (non-hydrogen) atoms. The van der Waals surface area contributed by atoms with E-state index < -0.39 is 0 Å². The lowest BCUT2D eigenvalue weighted by molar-refractivity contribution is -0.898. The number of thiazole rings is 1. The second kappa shape index (κ2) is 7.86. The van der Waals surface area contributed by atoms with Gasteiger partial charge in [0.05, 0.1) is 35.3 Å². The number of piperidine rings is 1. The fourth-order valence-electron chi connectivity index (χ4n) is 3.72. The number of quaternary nitrogens is 1. The third-order valence-electron chi connectivity index (χ3n) is 5.04. The highest BCUT2D eigenvalue weighted by atomic mass is 32.1. The maximum Gasteiger partial charge on any atom is 0.275 e. The van der Waals surface area contributed by atoms with Gasteiger partial charge in [-0.25, -0.2) is 4.98 Å². The molecule has 0 radical (unpaired) electrons. The van der Waals surface area contributed by atoms with Crippen molar-refractivity contribution in [1.29, 1.82) is 0 Å². The predicted octanol–water partition coefficient (Wildman–Crippen LogP) is 3.00. The van der Waals surface area contributed by atoms with Crippen molar-refractivity contribution >= 4 is 38.8 Å². The van der Waals surface area contributed by atoms with Crippen LogP contribution in [0.1, 0.15) is 41.6 Å². The summed E-state index contributed by atoms with van der Waals surface area (Å²) in [6.07, 6.45) is 2.33. The van der Waals surface area contributed by atoms with Gasteiger partial charge in [0.15, 0.2) is 6.54 Å². The van der Waals surface area contributed by atoms with Gasteiger partial charge in [0.25, 0.3) is 5.91 Å². The van der Waals surface area contributed by atoms with Gasteiger partial charge >= 0.3 is 0 Å². The van der Waals surface area contributed by atoms with Crippen molar-refractivity contribution in [3.05, 3.63) is 51.7 Å². The van der Waals surface area contributed by atoms with Crippen molar-refractivity contribution < 1.29 is 9.69 Å². The predicted molar refractivity (Wildman–Crippen MR) is 108 cm³/mol. The number of amides is 1. The zero-order valence-electron chi connectivity index (χ0n) is 14.9. The van der Waals surface area contributed by atoms with Crippen molar-refractivity contribution in [2.24, 2.45) is 0 Å². The maximum absolute atomic E-state index is 12.5. The first-order valence-electron chi connectivity index (χ1n) is 9.21. The molecule has 0 aliphatic carbocycles. The standard InChI is InChI=1S/C20H23N3OS2/c1-14(17-9-5-11-25-17)21-19(24)13-23-10-4-6-15(12-23)20-22-16-7-2-3-8-18(16)26-20/h2-3,5,7-9,11,14-15H,4,6,10,12-13H2,1H3,(H,21,24)/p+1/t14-,15+/m1/s1. The largest absolute Gasteiger partial charge is 0.344 e. The molecule has 0 bridgehead atoms. The number of hydrogen-bond acceptors (Lipinski definition) is 4. The van der Waals surface area contributed by atoms with Crippen LogP contribution in [0.25, 0.3) is 10.2 Å². The summed E-state index contributed by atoms with van der Waals surface area (Å²) in [6, 6.07) is 12.5. The Bertz CT molecular complexity index is 841. The van der Waals surface area contributed by atoms with Crippen molar-refractivity contribution in [2.75, 3.05) is 19.6 Å². The van der Waals surface area contributed by atoms with E-state index in [0.29, 0.717) is 12.5 Å². The number of nitrogens with one attached hydrogen (secondary N) is 2. The Balaban J connectivity index is 1.36. The monoisotopic (exact) mass is 386 g/mol. The van der Waals surface area contributed by atoms with Crippen LogP contribution in [-0.2, 0) is 4.79 Å². The molecule has 1 unspecified atom stereocenters. The van der Waals surface area contributed by atoms with Gasteiger partial charge in [0.1, 0.15) is 5.01 Å². The number of benzene rings is 1. The van der Waals surface area contributed by atoms with Crippen molar-refractivity contribution in [2.45, 2.75) is 31.7 Å². The number of hydrogen-bond donors (Lipinski definition) is 2. The number of likely N-dealkylation sites (tertiary alicyclic amines) is 1. The zero-order valence-corrected chi connectivity index (χ0v) is 16.5. The Kier molecular flexibility index (Phi) is 5.33. The van der Waals surface area contributed by atoms with Crippen molar-refractivity contribution in [1.82, 2.24) is 10.3 Å². The molecule has 0 spiro atoms. The smallest absolute Gasteiger partial charge is 0.275 e. The van der Waals surface area contributed by atoms with Gasteiger partial charge in [0, 0.05) is 4.88 Å². The Labute approximate surface area is 161 Å². The topological polar surface area (TPSA) is 46.4 Å². The van der Waals surface area contributed by atoms with Crippen molar-refractivity contribution in [3.8, 4) is 0 Å². The highest BCUT2D eigenvalue weighted by molar-refractivity contribution is 7.18. The molecule has 1 aromatic carbocycles. The number of carbonyl (C=O) groups excluding carboxylic acids is 1. The first-order valence-corrected chi connectivity index (χ1v) is 10.9. The molecule has 1 aliphatic rings. The first kappa shape index (κ1) is 17.6. The minimum Gasteiger partial charge on any atom is -0.344 e. The Morgan fingerprint density at radius 2 is 2.23 bits per heavy atom. The van der Waals surface area contributed by atoms with Gasteiger partial charge in [-0.15, -0.1) is 22.7 Å². The molecule has 136 valence electrons. The summed E-state index contributed by atoms with van der Waals surface area (Å²) in [5, 5.41) is 6.43. The fourth-order valence-corrected chi connectivity index (χ4v) is 5.55. The van der Waals surface area contributed by atoms with E-state index in [1.807, 2.05) is 23.5 Å². The fraction of sp³-hybridized carbons (Fsp3) is 0.400. The highest BCUT2D eigenvalue weighted by Crippen LogP contribution is 2.30. The number of para-hydroxylation sites is 1. The van der Waals surface area contributed by atoms with Crippen LogP contribution in [0.5, 0.6) is 0 Å². The summed E-state index contributed by atoms with van der Waals surface area (Å²) in [5.41, 5.74) is 1.10. The van der Waals surface area contributed by atoms with Crippen LogP contribution >= 0.6 is 22.7 Å². The molecule has 6 heteroatoms. The molecule has 1 amide bonds. The Morgan fingerprint density at radius 3 is 3.04 bits per heavy atom. The van der Waals surface area contributed by atoms with Crippen LogP contribution in [0.15, 0.2) is 41.8 Å². The SMILES string of the molecule is C[C@@H](NC(=O)C[NH+]1CCC[C@H](c2nc3ccccc3s2)C1)c1cccs1. The third-order valence-corrected chi connectivity index (χ3v) is 7.29. The minimum absolute atomic E-state index is 0.0896. The molecule has 1 saturated heterocycles. The van der Waals surface area contributed by atoms with Crippen LogP contribution < -0.4 is 10.2 Å². The number of thiophene rings is 1. The number of nitrogens with zero attached hydrogens (tertiary/aromatic N) is 1. The van der Waals surface area contributed by atoms with Crippen molar-refractivity contribution in [3.63, 3.8) is 0 Å². The number of fused-ring (bicyclic) bond motifs is 1. The maximum atomic E-state index is 12.5. The van der Waals surface area contributed by atoms with E-state index >= 15 is 0 Å². The Hall–Kier alpha value is -1.76. The van der Waals surface area contributed by atoms with Gasteiger partial charge < -0.3 is 10.2 Å². The average molecular weight is 387 g/mol. The molecule has 3 atom stereocenters. The van der Waals surface area contributed by atoms with Crippen LogP contribution in [-0.4, -0.2) is 30.5 Å². The Morgan fingerprint density at radius 1 is 1.35 bits per heavy atom. The summed E-state index contributed by atoms with van der Waals surface area (Å²) >= 11 is 3.50. The van der Waals surface area contributed by atoms with E-state index in [0.717, 1.165) is 25.0 Å². The second-order valence-electron chi connectivity index (χ2n) is 7.04. The number of carbonyl (C=O) groups is 1. The summed E-state index contributed by atoms with van der Waals surface area (Å²) in [6.45, 7) is 4.68. The van der Waals surface area contributed by atoms with Gasteiger partial charge in [-0.05, 0) is 43.3 Å². The highest BCUT2D eigenvalue weighted by Gasteiger charge is 2.28. The minimum atomic E-state index is 0.0896. The van der Waals surface area contributed by atoms with Gasteiger partial charge in [-0.1, -0.05) is 18.2 Å². The van der Waals surface area contributed by atoms with E-state index in [1.54, 1.807) is 11.3 Å². The number of aromatic nitrogens is 1. The second-order valence-corrected chi connectivity index (χ2v) is 9.09. The summed E-state index contributed by atoms with van der Waals surface area (Å²) in [7, 11) is 0. The molecule has 2 N–H and O–H groups in total. The van der Waals surface area contributed by atoms with E-state index in [-0.39, 0.29) is 11.9 Å². The normalized spacial score (nSPS) is 21.6. The molecule has 0 saturated carbocycles.